The maximum absolute atomic E-state index is 13.8. The van der Waals surface area contributed by atoms with E-state index in [0.717, 1.165) is 11.3 Å². The van der Waals surface area contributed by atoms with E-state index in [1.165, 1.54) is 48.4 Å². The van der Waals surface area contributed by atoms with Crippen molar-refractivity contribution in [3.05, 3.63) is 93.2 Å². The standard InChI is InChI=1S/C25H15Cl2FN2O4S/c1-34-15-6-2-12(3-7-15)21-20(22(31)13-4-8-16(26)17(27)10-13)23(32)24(33)30(21)25-29-18-9-5-14(28)11-19(18)35-25/h2-11,21,31H,1H3/b22-20+. The van der Waals surface area contributed by atoms with Gasteiger partial charge in [-0.25, -0.2) is 9.37 Å². The zero-order valence-corrected chi connectivity index (χ0v) is 20.3. The third kappa shape index (κ3) is 4.03. The summed E-state index contributed by atoms with van der Waals surface area (Å²) in [6, 6.07) is 14.2. The van der Waals surface area contributed by atoms with Gasteiger partial charge in [-0.05, 0) is 54.1 Å². The molecule has 5 rings (SSSR count). The molecular formula is C25H15Cl2FN2O4S. The first kappa shape index (κ1) is 23.3. The summed E-state index contributed by atoms with van der Waals surface area (Å²) in [5.74, 6) is -2.03. The zero-order chi connectivity index (χ0) is 24.9. The number of carbonyl (C=O) groups is 2. The lowest BCUT2D eigenvalue weighted by atomic mass is 9.95. The first-order valence-corrected chi connectivity index (χ1v) is 11.8. The fraction of sp³-hybridized carbons (Fsp3) is 0.0800. The molecular weight excluding hydrogens is 514 g/mol. The Balaban J connectivity index is 1.73. The molecule has 0 radical (unpaired) electrons. The number of hydrogen-bond acceptors (Lipinski definition) is 6. The van der Waals surface area contributed by atoms with Gasteiger partial charge in [0.25, 0.3) is 5.78 Å². The van der Waals surface area contributed by atoms with Gasteiger partial charge in [0.2, 0.25) is 0 Å². The van der Waals surface area contributed by atoms with Crippen LogP contribution in [-0.2, 0) is 9.59 Å². The highest BCUT2D eigenvalue weighted by atomic mass is 35.5. The average Bonchev–Trinajstić information content (AvgIpc) is 3.38. The molecule has 35 heavy (non-hydrogen) atoms. The fourth-order valence-corrected chi connectivity index (χ4v) is 5.23. The van der Waals surface area contributed by atoms with Crippen LogP contribution in [0.25, 0.3) is 16.0 Å². The van der Waals surface area contributed by atoms with E-state index in [0.29, 0.717) is 21.5 Å². The number of hydrogen-bond donors (Lipinski definition) is 1. The van der Waals surface area contributed by atoms with Crippen molar-refractivity contribution in [3.8, 4) is 5.75 Å². The number of nitrogens with zero attached hydrogens (tertiary/aromatic N) is 2. The number of methoxy groups -OCH3 is 1. The number of fused-ring (bicyclic) bond motifs is 1. The van der Waals surface area contributed by atoms with E-state index in [4.69, 9.17) is 27.9 Å². The van der Waals surface area contributed by atoms with E-state index in [-0.39, 0.29) is 26.3 Å². The first-order valence-electron chi connectivity index (χ1n) is 10.2. The van der Waals surface area contributed by atoms with Crippen molar-refractivity contribution < 1.29 is 23.8 Å². The smallest absolute Gasteiger partial charge is 0.301 e. The van der Waals surface area contributed by atoms with E-state index in [9.17, 15) is 19.1 Å². The number of thiazole rings is 1. The number of ketones is 1. The largest absolute Gasteiger partial charge is 0.507 e. The number of rotatable bonds is 4. The molecule has 1 aliphatic rings. The Hall–Kier alpha value is -3.46. The summed E-state index contributed by atoms with van der Waals surface area (Å²) in [6.45, 7) is 0. The SMILES string of the molecule is COc1ccc(C2/C(=C(\O)c3ccc(Cl)c(Cl)c3)C(=O)C(=O)N2c2nc3ccc(F)cc3s2)cc1. The minimum absolute atomic E-state index is 0.135. The zero-order valence-electron chi connectivity index (χ0n) is 18.0. The van der Waals surface area contributed by atoms with Crippen LogP contribution in [0.2, 0.25) is 10.0 Å². The van der Waals surface area contributed by atoms with Crippen LogP contribution < -0.4 is 9.64 Å². The van der Waals surface area contributed by atoms with E-state index in [1.54, 1.807) is 24.3 Å². The quantitative estimate of drug-likeness (QED) is 0.189. The third-order valence-corrected chi connectivity index (χ3v) is 7.37. The Kier molecular flexibility index (Phi) is 5.96. The minimum atomic E-state index is -0.999. The monoisotopic (exact) mass is 528 g/mol. The normalized spacial score (nSPS) is 17.4. The fourth-order valence-electron chi connectivity index (χ4n) is 3.92. The number of carbonyl (C=O) groups excluding carboxylic acids is 2. The molecule has 1 fully saturated rings. The van der Waals surface area contributed by atoms with E-state index in [2.05, 4.69) is 4.98 Å². The molecule has 0 spiro atoms. The topological polar surface area (TPSA) is 79.7 Å². The molecule has 1 aromatic heterocycles. The second-order valence-electron chi connectivity index (χ2n) is 7.68. The van der Waals surface area contributed by atoms with Crippen molar-refractivity contribution in [2.75, 3.05) is 12.0 Å². The summed E-state index contributed by atoms with van der Waals surface area (Å²) < 4.78 is 19.5. The Morgan fingerprint density at radius 3 is 2.49 bits per heavy atom. The number of anilines is 1. The van der Waals surface area contributed by atoms with Crippen molar-refractivity contribution in [1.82, 2.24) is 4.98 Å². The van der Waals surface area contributed by atoms with Gasteiger partial charge in [-0.2, -0.15) is 0 Å². The van der Waals surface area contributed by atoms with Crippen molar-refractivity contribution in [2.24, 2.45) is 0 Å². The number of aliphatic hydroxyl groups excluding tert-OH is 1. The molecule has 6 nitrogen and oxygen atoms in total. The number of halogens is 3. The maximum atomic E-state index is 13.8. The Morgan fingerprint density at radius 1 is 1.06 bits per heavy atom. The van der Waals surface area contributed by atoms with Gasteiger partial charge in [0.05, 0.1) is 39.0 Å². The predicted molar refractivity (Wildman–Crippen MR) is 134 cm³/mol. The second-order valence-corrected chi connectivity index (χ2v) is 9.50. The average molecular weight is 529 g/mol. The number of benzene rings is 3. The van der Waals surface area contributed by atoms with E-state index >= 15 is 0 Å². The molecule has 0 saturated carbocycles. The first-order chi connectivity index (χ1) is 16.8. The number of aromatic nitrogens is 1. The Labute approximate surface area is 212 Å². The van der Waals surface area contributed by atoms with Gasteiger partial charge < -0.3 is 9.84 Å². The van der Waals surface area contributed by atoms with Gasteiger partial charge in [0.15, 0.2) is 5.13 Å². The molecule has 1 N–H and O–H groups in total. The molecule has 1 saturated heterocycles. The van der Waals surface area contributed by atoms with Gasteiger partial charge in [-0.3, -0.25) is 14.5 Å². The van der Waals surface area contributed by atoms with Crippen LogP contribution in [0, 0.1) is 5.82 Å². The van der Waals surface area contributed by atoms with Crippen LogP contribution in [0.4, 0.5) is 9.52 Å². The molecule has 1 atom stereocenters. The highest BCUT2D eigenvalue weighted by Gasteiger charge is 2.48. The van der Waals surface area contributed by atoms with Gasteiger partial charge in [-0.1, -0.05) is 46.7 Å². The number of aliphatic hydroxyl groups is 1. The third-order valence-electron chi connectivity index (χ3n) is 5.61. The number of amides is 1. The van der Waals surface area contributed by atoms with Crippen molar-refractivity contribution >= 4 is 67.3 Å². The molecule has 4 aromatic rings. The van der Waals surface area contributed by atoms with Crippen molar-refractivity contribution in [1.29, 1.82) is 0 Å². The molecule has 1 aliphatic heterocycles. The van der Waals surface area contributed by atoms with Crippen molar-refractivity contribution in [3.63, 3.8) is 0 Å². The summed E-state index contributed by atoms with van der Waals surface area (Å²) in [7, 11) is 1.52. The highest BCUT2D eigenvalue weighted by Crippen LogP contribution is 2.45. The summed E-state index contributed by atoms with van der Waals surface area (Å²) in [6.07, 6.45) is 0. The van der Waals surface area contributed by atoms with Crippen LogP contribution in [0.1, 0.15) is 17.2 Å². The summed E-state index contributed by atoms with van der Waals surface area (Å²) >= 11 is 13.2. The Morgan fingerprint density at radius 2 is 1.80 bits per heavy atom. The number of Topliss-reactive ketones (excluding diaryl/α,β-unsaturated/α-hetero) is 1. The molecule has 1 amide bonds. The van der Waals surface area contributed by atoms with E-state index in [1.807, 2.05) is 0 Å². The van der Waals surface area contributed by atoms with Gasteiger partial charge in [-0.15, -0.1) is 0 Å². The maximum Gasteiger partial charge on any atom is 0.301 e. The molecule has 1 unspecified atom stereocenters. The van der Waals surface area contributed by atoms with Gasteiger partial charge in [0, 0.05) is 5.56 Å². The van der Waals surface area contributed by atoms with E-state index < -0.39 is 29.3 Å². The number of ether oxygens (including phenoxy) is 1. The molecule has 0 bridgehead atoms. The van der Waals surface area contributed by atoms with Crippen LogP contribution in [0.3, 0.4) is 0 Å². The minimum Gasteiger partial charge on any atom is -0.507 e. The lowest BCUT2D eigenvalue weighted by Crippen LogP contribution is -2.29. The molecule has 176 valence electrons. The Bertz CT molecular complexity index is 1530. The molecule has 10 heteroatoms. The van der Waals surface area contributed by atoms with Crippen LogP contribution in [0.5, 0.6) is 5.75 Å². The second kappa shape index (κ2) is 8.96. The molecule has 3 aromatic carbocycles. The van der Waals surface area contributed by atoms with Crippen LogP contribution >= 0.6 is 34.5 Å². The summed E-state index contributed by atoms with van der Waals surface area (Å²) in [4.78, 5) is 32.2. The van der Waals surface area contributed by atoms with Gasteiger partial charge in [0.1, 0.15) is 17.3 Å². The van der Waals surface area contributed by atoms with Crippen LogP contribution in [-0.4, -0.2) is 28.9 Å². The summed E-state index contributed by atoms with van der Waals surface area (Å²) in [5.41, 5.74) is 1.11. The lowest BCUT2D eigenvalue weighted by molar-refractivity contribution is -0.132. The predicted octanol–water partition coefficient (Wildman–Crippen LogP) is 6.38. The summed E-state index contributed by atoms with van der Waals surface area (Å²) in [5, 5.41) is 11.8. The van der Waals surface area contributed by atoms with Crippen molar-refractivity contribution in [2.45, 2.75) is 6.04 Å². The van der Waals surface area contributed by atoms with Gasteiger partial charge >= 0.3 is 5.91 Å². The highest BCUT2D eigenvalue weighted by molar-refractivity contribution is 7.22. The lowest BCUT2D eigenvalue weighted by Gasteiger charge is -2.23. The molecule has 0 aliphatic carbocycles. The van der Waals surface area contributed by atoms with Crippen LogP contribution in [0.15, 0.2) is 66.2 Å². The molecule has 2 heterocycles.